The van der Waals surface area contributed by atoms with Crippen molar-refractivity contribution >= 4 is 46.5 Å². The van der Waals surface area contributed by atoms with Gasteiger partial charge in [0.1, 0.15) is 5.75 Å². The first-order valence-electron chi connectivity index (χ1n) is 7.38. The van der Waals surface area contributed by atoms with E-state index in [4.69, 9.17) is 28.3 Å². The number of hydrogen-bond acceptors (Lipinski definition) is 6. The molecule has 1 amide bonds. The number of non-ortho nitro benzene ring substituents is 1. The number of halogens is 2. The fourth-order valence-corrected chi connectivity index (χ4v) is 2.64. The number of rotatable bonds is 7. The molecule has 0 atom stereocenters. The topological polar surface area (TPSA) is 142 Å². The Kier molecular flexibility index (Phi) is 6.56. The van der Waals surface area contributed by atoms with Gasteiger partial charge < -0.3 is 20.8 Å². The van der Waals surface area contributed by atoms with E-state index >= 15 is 0 Å². The second-order valence-corrected chi connectivity index (χ2v) is 6.18. The van der Waals surface area contributed by atoms with Crippen LogP contribution in [0.15, 0.2) is 30.3 Å². The lowest BCUT2D eigenvalue weighted by Gasteiger charge is -2.12. The summed E-state index contributed by atoms with van der Waals surface area (Å²) >= 11 is 11.9. The third-order valence-electron chi connectivity index (χ3n) is 3.40. The van der Waals surface area contributed by atoms with Gasteiger partial charge in [0.2, 0.25) is 0 Å². The number of aliphatic carboxylic acids is 1. The zero-order valence-electron chi connectivity index (χ0n) is 13.5. The van der Waals surface area contributed by atoms with E-state index in [9.17, 15) is 24.8 Å². The summed E-state index contributed by atoms with van der Waals surface area (Å²) in [6.45, 7) is -0.372. The minimum Gasteiger partial charge on any atom is -0.507 e. The van der Waals surface area contributed by atoms with E-state index in [1.807, 2.05) is 0 Å². The number of nitrogens with zero attached hydrogens (tertiary/aromatic N) is 1. The van der Waals surface area contributed by atoms with Gasteiger partial charge in [-0.1, -0.05) is 23.2 Å². The maximum absolute atomic E-state index is 12.5. The monoisotopic (exact) mass is 413 g/mol. The summed E-state index contributed by atoms with van der Waals surface area (Å²) in [4.78, 5) is 33.1. The van der Waals surface area contributed by atoms with E-state index < -0.39 is 16.8 Å². The van der Waals surface area contributed by atoms with Crippen molar-refractivity contribution in [3.05, 3.63) is 61.6 Å². The van der Waals surface area contributed by atoms with Crippen LogP contribution in [0.1, 0.15) is 15.9 Å². The standard InChI is InChI=1S/C16H13Cl2N3O6/c17-9-3-8(6-19-7-14(22)23)15(24)11(4-9)16(25)20-13-2-1-10(21(26)27)5-12(13)18/h1-5,19,24H,6-7H2,(H,20,25)(H,22,23). The Hall–Kier alpha value is -2.88. The molecule has 0 saturated carbocycles. The van der Waals surface area contributed by atoms with Crippen molar-refractivity contribution in [2.75, 3.05) is 11.9 Å². The normalized spacial score (nSPS) is 10.4. The number of hydrogen-bond donors (Lipinski definition) is 4. The molecule has 0 aliphatic carbocycles. The van der Waals surface area contributed by atoms with Gasteiger partial charge >= 0.3 is 5.97 Å². The molecule has 2 rings (SSSR count). The number of aromatic hydroxyl groups is 1. The predicted molar refractivity (Wildman–Crippen MR) is 98.5 cm³/mol. The van der Waals surface area contributed by atoms with Crippen LogP contribution in [0.3, 0.4) is 0 Å². The molecule has 0 heterocycles. The number of anilines is 1. The number of carboxylic acids is 1. The van der Waals surface area contributed by atoms with Crippen molar-refractivity contribution in [1.82, 2.24) is 5.32 Å². The predicted octanol–water partition coefficient (Wildman–Crippen LogP) is 3.03. The Morgan fingerprint density at radius 1 is 1.19 bits per heavy atom. The lowest BCUT2D eigenvalue weighted by Crippen LogP contribution is -2.22. The largest absolute Gasteiger partial charge is 0.507 e. The first kappa shape index (κ1) is 20.4. The fourth-order valence-electron chi connectivity index (χ4n) is 2.18. The molecule has 0 bridgehead atoms. The molecule has 0 aliphatic heterocycles. The summed E-state index contributed by atoms with van der Waals surface area (Å²) in [6, 6.07) is 6.12. The van der Waals surface area contributed by atoms with Crippen LogP contribution in [0.2, 0.25) is 10.0 Å². The van der Waals surface area contributed by atoms with Crippen LogP contribution in [-0.4, -0.2) is 33.6 Å². The van der Waals surface area contributed by atoms with Gasteiger partial charge in [0.25, 0.3) is 11.6 Å². The maximum atomic E-state index is 12.5. The Morgan fingerprint density at radius 2 is 1.89 bits per heavy atom. The number of carbonyl (C=O) groups excluding carboxylic acids is 1. The average Bonchev–Trinajstić information content (AvgIpc) is 2.58. The lowest BCUT2D eigenvalue weighted by atomic mass is 10.1. The molecule has 0 radical (unpaired) electrons. The Labute approximate surface area is 162 Å². The van der Waals surface area contributed by atoms with E-state index in [-0.39, 0.29) is 51.4 Å². The van der Waals surface area contributed by atoms with Gasteiger partial charge in [-0.05, 0) is 18.2 Å². The molecular weight excluding hydrogens is 401 g/mol. The highest BCUT2D eigenvalue weighted by molar-refractivity contribution is 6.34. The van der Waals surface area contributed by atoms with Crippen LogP contribution in [0.25, 0.3) is 0 Å². The summed E-state index contributed by atoms with van der Waals surface area (Å²) in [6.07, 6.45) is 0. The van der Waals surface area contributed by atoms with Gasteiger partial charge in [-0.3, -0.25) is 19.7 Å². The van der Waals surface area contributed by atoms with E-state index in [0.29, 0.717) is 0 Å². The van der Waals surface area contributed by atoms with Crippen LogP contribution in [0, 0.1) is 10.1 Å². The van der Waals surface area contributed by atoms with Crippen LogP contribution in [-0.2, 0) is 11.3 Å². The van der Waals surface area contributed by atoms with Gasteiger partial charge in [0.05, 0.1) is 27.7 Å². The molecule has 0 spiro atoms. The fraction of sp³-hybridized carbons (Fsp3) is 0.125. The molecule has 0 aliphatic rings. The zero-order chi connectivity index (χ0) is 20.1. The smallest absolute Gasteiger partial charge is 0.317 e. The summed E-state index contributed by atoms with van der Waals surface area (Å²) in [5.74, 6) is -2.21. The Balaban J connectivity index is 2.24. The number of phenolic OH excluding ortho intramolecular Hbond substituents is 1. The molecule has 0 unspecified atom stereocenters. The highest BCUT2D eigenvalue weighted by atomic mass is 35.5. The Bertz CT molecular complexity index is 919. The number of nitrogens with one attached hydrogen (secondary N) is 2. The molecule has 11 heteroatoms. The minimum absolute atomic E-state index is 0.0305. The third-order valence-corrected chi connectivity index (χ3v) is 3.93. The van der Waals surface area contributed by atoms with E-state index in [2.05, 4.69) is 10.6 Å². The molecular formula is C16H13Cl2N3O6. The van der Waals surface area contributed by atoms with E-state index in [0.717, 1.165) is 6.07 Å². The summed E-state index contributed by atoms with van der Waals surface area (Å²) < 4.78 is 0. The van der Waals surface area contributed by atoms with Gasteiger partial charge in [0.15, 0.2) is 0 Å². The van der Waals surface area contributed by atoms with Crippen molar-refractivity contribution in [2.24, 2.45) is 0 Å². The van der Waals surface area contributed by atoms with Gasteiger partial charge in [0, 0.05) is 29.3 Å². The second kappa shape index (κ2) is 8.67. The Morgan fingerprint density at radius 3 is 2.48 bits per heavy atom. The van der Waals surface area contributed by atoms with Crippen molar-refractivity contribution in [3.63, 3.8) is 0 Å². The van der Waals surface area contributed by atoms with E-state index in [1.54, 1.807) is 0 Å². The summed E-state index contributed by atoms with van der Waals surface area (Å²) in [5.41, 5.74) is -0.0691. The number of carbonyl (C=O) groups is 2. The highest BCUT2D eigenvalue weighted by Gasteiger charge is 2.18. The van der Waals surface area contributed by atoms with Crippen LogP contribution >= 0.6 is 23.2 Å². The van der Waals surface area contributed by atoms with Crippen LogP contribution in [0.5, 0.6) is 5.75 Å². The maximum Gasteiger partial charge on any atom is 0.317 e. The number of nitro benzene ring substituents is 1. The lowest BCUT2D eigenvalue weighted by molar-refractivity contribution is -0.384. The van der Waals surface area contributed by atoms with Gasteiger partial charge in [-0.15, -0.1) is 0 Å². The minimum atomic E-state index is -1.08. The molecule has 4 N–H and O–H groups in total. The summed E-state index contributed by atoms with van der Waals surface area (Å²) in [5, 5.41) is 34.8. The zero-order valence-corrected chi connectivity index (χ0v) is 15.0. The van der Waals surface area contributed by atoms with E-state index in [1.165, 1.54) is 24.3 Å². The summed E-state index contributed by atoms with van der Waals surface area (Å²) in [7, 11) is 0. The molecule has 0 saturated heterocycles. The quantitative estimate of drug-likeness (QED) is 0.403. The number of carboxylic acid groups (broad SMARTS) is 1. The number of phenols is 1. The second-order valence-electron chi connectivity index (χ2n) is 5.33. The van der Waals surface area contributed by atoms with Crippen LogP contribution < -0.4 is 10.6 Å². The van der Waals surface area contributed by atoms with Crippen molar-refractivity contribution in [2.45, 2.75) is 6.54 Å². The van der Waals surface area contributed by atoms with Crippen molar-refractivity contribution in [3.8, 4) is 5.75 Å². The molecule has 142 valence electrons. The molecule has 0 fully saturated rings. The SMILES string of the molecule is O=C(O)CNCc1cc(Cl)cc(C(=O)Nc2ccc([N+](=O)[O-])cc2Cl)c1O. The number of benzene rings is 2. The highest BCUT2D eigenvalue weighted by Crippen LogP contribution is 2.30. The molecule has 2 aromatic rings. The van der Waals surface area contributed by atoms with Gasteiger partial charge in [-0.25, -0.2) is 0 Å². The van der Waals surface area contributed by atoms with Crippen molar-refractivity contribution in [1.29, 1.82) is 0 Å². The molecule has 9 nitrogen and oxygen atoms in total. The number of nitro groups is 1. The first-order chi connectivity index (χ1) is 12.7. The average molecular weight is 414 g/mol. The van der Waals surface area contributed by atoms with Crippen molar-refractivity contribution < 1.29 is 24.7 Å². The molecule has 27 heavy (non-hydrogen) atoms. The number of amides is 1. The third kappa shape index (κ3) is 5.30. The van der Waals surface area contributed by atoms with Gasteiger partial charge in [-0.2, -0.15) is 0 Å². The van der Waals surface area contributed by atoms with Crippen LogP contribution in [0.4, 0.5) is 11.4 Å². The molecule has 2 aromatic carbocycles. The molecule has 0 aromatic heterocycles. The first-order valence-corrected chi connectivity index (χ1v) is 8.14.